The summed E-state index contributed by atoms with van der Waals surface area (Å²) < 4.78 is 8.20. The smallest absolute Gasteiger partial charge is 0.210 e. The molecule has 0 aliphatic heterocycles. The van der Waals surface area contributed by atoms with E-state index < -0.39 is 0 Å². The molecule has 5 nitrogen and oxygen atoms in total. The molecule has 2 aliphatic rings. The van der Waals surface area contributed by atoms with E-state index in [1.807, 2.05) is 6.20 Å². The van der Waals surface area contributed by atoms with Crippen LogP contribution in [0.25, 0.3) is 0 Å². The Kier molecular flexibility index (Phi) is 3.93. The highest BCUT2D eigenvalue weighted by Crippen LogP contribution is 2.42. The van der Waals surface area contributed by atoms with E-state index in [2.05, 4.69) is 20.8 Å². The van der Waals surface area contributed by atoms with Crippen LogP contribution in [-0.4, -0.2) is 26.5 Å². The van der Waals surface area contributed by atoms with Crippen molar-refractivity contribution in [1.29, 1.82) is 0 Å². The normalized spacial score (nSPS) is 24.5. The van der Waals surface area contributed by atoms with Crippen LogP contribution in [0.3, 0.4) is 0 Å². The molecule has 2 fully saturated rings. The van der Waals surface area contributed by atoms with Gasteiger partial charge in [-0.15, -0.1) is 0 Å². The fourth-order valence-electron chi connectivity index (χ4n) is 3.70. The Morgan fingerprint density at radius 3 is 2.78 bits per heavy atom. The number of pyridine rings is 1. The molecule has 4 rings (SSSR count). The molecular weight excluding hydrogens is 290 g/mol. The number of aromatic hydroxyl groups is 1. The number of nitrogens with zero attached hydrogens (tertiary/aromatic N) is 3. The van der Waals surface area contributed by atoms with Crippen LogP contribution in [0.15, 0.2) is 30.6 Å². The van der Waals surface area contributed by atoms with Gasteiger partial charge in [-0.2, -0.15) is 5.10 Å². The maximum atomic E-state index is 9.25. The summed E-state index contributed by atoms with van der Waals surface area (Å²) in [6.45, 7) is 0.701. The summed E-state index contributed by atoms with van der Waals surface area (Å²) in [6.07, 6.45) is 11.1. The van der Waals surface area contributed by atoms with Crippen LogP contribution in [0.4, 0.5) is 0 Å². The summed E-state index contributed by atoms with van der Waals surface area (Å²) in [6, 6.07) is 6.17. The third-order valence-corrected chi connectivity index (χ3v) is 5.07. The summed E-state index contributed by atoms with van der Waals surface area (Å²) in [5.41, 5.74) is 1.39. The van der Waals surface area contributed by atoms with E-state index in [1.165, 1.54) is 44.2 Å². The zero-order valence-electron chi connectivity index (χ0n) is 13.3. The molecule has 2 aromatic rings. The second-order valence-corrected chi connectivity index (χ2v) is 6.75. The first-order chi connectivity index (χ1) is 11.3. The summed E-state index contributed by atoms with van der Waals surface area (Å²) >= 11 is 0. The summed E-state index contributed by atoms with van der Waals surface area (Å²) in [5.74, 6) is 1.81. The summed E-state index contributed by atoms with van der Waals surface area (Å²) in [4.78, 5) is 3.87. The first-order valence-electron chi connectivity index (χ1n) is 8.62. The molecule has 0 amide bonds. The lowest BCUT2D eigenvalue weighted by Gasteiger charge is -2.32. The van der Waals surface area contributed by atoms with E-state index in [0.717, 1.165) is 5.75 Å². The maximum Gasteiger partial charge on any atom is 0.210 e. The molecule has 0 radical (unpaired) electrons. The fraction of sp³-hybridized carbons (Fsp3) is 0.556. The highest BCUT2D eigenvalue weighted by atomic mass is 16.5. The minimum Gasteiger partial charge on any atom is -0.493 e. The molecule has 2 atom stereocenters. The fourth-order valence-corrected chi connectivity index (χ4v) is 3.70. The number of hydrogen-bond acceptors (Lipinski definition) is 4. The van der Waals surface area contributed by atoms with Crippen molar-refractivity contribution in [3.05, 3.63) is 36.3 Å². The third kappa shape index (κ3) is 3.19. The molecule has 5 heteroatoms. The second-order valence-electron chi connectivity index (χ2n) is 6.75. The highest BCUT2D eigenvalue weighted by Gasteiger charge is 2.33. The van der Waals surface area contributed by atoms with Crippen molar-refractivity contribution in [2.45, 2.75) is 50.5 Å². The molecule has 0 spiro atoms. The zero-order valence-corrected chi connectivity index (χ0v) is 13.3. The molecule has 2 heterocycles. The van der Waals surface area contributed by atoms with Crippen molar-refractivity contribution in [1.82, 2.24) is 14.8 Å². The van der Waals surface area contributed by atoms with Gasteiger partial charge in [0.25, 0.3) is 0 Å². The van der Waals surface area contributed by atoms with Gasteiger partial charge in [0.05, 0.1) is 18.8 Å². The first-order valence-corrected chi connectivity index (χ1v) is 8.62. The summed E-state index contributed by atoms with van der Waals surface area (Å²) in [7, 11) is 0. The topological polar surface area (TPSA) is 60.2 Å². The van der Waals surface area contributed by atoms with Crippen LogP contribution < -0.4 is 4.74 Å². The Balaban J connectivity index is 1.46. The molecule has 2 aliphatic carbocycles. The van der Waals surface area contributed by atoms with Gasteiger partial charge in [0.1, 0.15) is 5.75 Å². The Hall–Kier alpha value is -2.04. The van der Waals surface area contributed by atoms with Gasteiger partial charge in [0.15, 0.2) is 0 Å². The van der Waals surface area contributed by atoms with Gasteiger partial charge in [-0.3, -0.25) is 4.68 Å². The van der Waals surface area contributed by atoms with Crippen LogP contribution in [-0.2, 0) is 0 Å². The molecular formula is C18H23N3O2. The number of hydrogen-bond donors (Lipinski definition) is 1. The van der Waals surface area contributed by atoms with E-state index >= 15 is 0 Å². The van der Waals surface area contributed by atoms with Crippen LogP contribution in [0, 0.1) is 5.92 Å². The average molecular weight is 313 g/mol. The van der Waals surface area contributed by atoms with E-state index in [0.29, 0.717) is 24.5 Å². The lowest BCUT2D eigenvalue weighted by molar-refractivity contribution is 0.181. The monoisotopic (exact) mass is 313 g/mol. The van der Waals surface area contributed by atoms with Crippen LogP contribution in [0.2, 0.25) is 0 Å². The molecule has 2 saturated carbocycles. The van der Waals surface area contributed by atoms with Crippen molar-refractivity contribution < 1.29 is 9.84 Å². The van der Waals surface area contributed by atoms with Gasteiger partial charge in [0.2, 0.25) is 5.88 Å². The quantitative estimate of drug-likeness (QED) is 0.915. The minimum atomic E-state index is 0.0289. The Morgan fingerprint density at radius 1 is 1.13 bits per heavy atom. The van der Waals surface area contributed by atoms with Crippen LogP contribution in [0.1, 0.15) is 56.2 Å². The van der Waals surface area contributed by atoms with E-state index in [1.54, 1.807) is 18.3 Å². The van der Waals surface area contributed by atoms with Gasteiger partial charge in [0, 0.05) is 29.8 Å². The molecule has 23 heavy (non-hydrogen) atoms. The van der Waals surface area contributed by atoms with E-state index in [-0.39, 0.29) is 5.88 Å². The van der Waals surface area contributed by atoms with E-state index in [9.17, 15) is 5.11 Å². The van der Waals surface area contributed by atoms with Crippen molar-refractivity contribution in [3.8, 4) is 11.6 Å². The molecule has 0 saturated heterocycles. The van der Waals surface area contributed by atoms with E-state index in [4.69, 9.17) is 4.74 Å². The Morgan fingerprint density at radius 2 is 2.00 bits per heavy atom. The predicted octanol–water partition coefficient (Wildman–Crippen LogP) is 3.67. The van der Waals surface area contributed by atoms with Crippen LogP contribution >= 0.6 is 0 Å². The lowest BCUT2D eigenvalue weighted by atomic mass is 9.78. The Bertz CT molecular complexity index is 649. The Labute approximate surface area is 136 Å². The predicted molar refractivity (Wildman–Crippen MR) is 86.6 cm³/mol. The standard InChI is InChI=1S/C18H23N3O2/c22-18-8-7-15(11-19-18)23-12-13-3-1-2-4-16(13)17-9-10-20-21(17)14-5-6-14/h7-11,13-14,16H,1-6,12H2,(H,19,22). The molecule has 2 aromatic heterocycles. The van der Waals surface area contributed by atoms with Gasteiger partial charge in [-0.25, -0.2) is 4.98 Å². The van der Waals surface area contributed by atoms with Crippen molar-refractivity contribution in [3.63, 3.8) is 0 Å². The largest absolute Gasteiger partial charge is 0.493 e. The van der Waals surface area contributed by atoms with Gasteiger partial charge >= 0.3 is 0 Å². The lowest BCUT2D eigenvalue weighted by Crippen LogP contribution is -2.26. The average Bonchev–Trinajstić information content (AvgIpc) is 3.32. The van der Waals surface area contributed by atoms with Gasteiger partial charge < -0.3 is 9.84 Å². The zero-order chi connectivity index (χ0) is 15.6. The molecule has 1 N–H and O–H groups in total. The third-order valence-electron chi connectivity index (χ3n) is 5.07. The SMILES string of the molecule is Oc1ccc(OCC2CCCCC2c2ccnn2C2CC2)cn1. The molecule has 0 aromatic carbocycles. The number of aromatic nitrogens is 3. The summed E-state index contributed by atoms with van der Waals surface area (Å²) in [5, 5.41) is 13.8. The highest BCUT2D eigenvalue weighted by molar-refractivity contribution is 5.22. The van der Waals surface area contributed by atoms with Crippen molar-refractivity contribution in [2.24, 2.45) is 5.92 Å². The molecule has 122 valence electrons. The maximum absolute atomic E-state index is 9.25. The van der Waals surface area contributed by atoms with Crippen molar-refractivity contribution >= 4 is 0 Å². The number of rotatable bonds is 5. The van der Waals surface area contributed by atoms with Crippen LogP contribution in [0.5, 0.6) is 11.6 Å². The molecule has 0 bridgehead atoms. The van der Waals surface area contributed by atoms with Gasteiger partial charge in [-0.1, -0.05) is 12.8 Å². The first kappa shape index (κ1) is 14.5. The van der Waals surface area contributed by atoms with Crippen molar-refractivity contribution in [2.75, 3.05) is 6.61 Å². The second kappa shape index (κ2) is 6.22. The minimum absolute atomic E-state index is 0.0289. The van der Waals surface area contributed by atoms with Gasteiger partial charge in [-0.05, 0) is 37.8 Å². The number of ether oxygens (including phenoxy) is 1. The molecule has 2 unspecified atom stereocenters.